The van der Waals surface area contributed by atoms with Crippen molar-refractivity contribution in [3.05, 3.63) is 0 Å². The van der Waals surface area contributed by atoms with E-state index in [9.17, 15) is 5.11 Å². The van der Waals surface area contributed by atoms with Crippen molar-refractivity contribution in [2.75, 3.05) is 19.7 Å². The van der Waals surface area contributed by atoms with Gasteiger partial charge in [-0.25, -0.2) is 0 Å². The van der Waals surface area contributed by atoms with Crippen molar-refractivity contribution in [2.24, 2.45) is 5.92 Å². The Morgan fingerprint density at radius 3 is 2.07 bits per heavy atom. The molecule has 2 atom stereocenters. The van der Waals surface area contributed by atoms with Crippen molar-refractivity contribution in [3.8, 4) is 0 Å². The van der Waals surface area contributed by atoms with Gasteiger partial charge in [-0.2, -0.15) is 0 Å². The molecule has 0 aromatic carbocycles. The Balaban J connectivity index is 3.56. The molecule has 1 unspecified atom stereocenters. The first kappa shape index (κ1) is 13.8. The Kier molecular flexibility index (Phi) is 8.08. The summed E-state index contributed by atoms with van der Waals surface area (Å²) in [5.41, 5.74) is 0. The fraction of sp³-hybridized carbons (Fsp3) is 1.00. The van der Waals surface area contributed by atoms with Gasteiger partial charge in [-0.15, -0.1) is 0 Å². The Morgan fingerprint density at radius 2 is 1.64 bits per heavy atom. The van der Waals surface area contributed by atoms with E-state index in [0.29, 0.717) is 19.0 Å². The Hall–Kier alpha value is -0.160. The van der Waals surface area contributed by atoms with E-state index in [1.807, 2.05) is 0 Å². The Morgan fingerprint density at radius 1 is 1.07 bits per heavy atom. The summed E-state index contributed by atoms with van der Waals surface area (Å²) in [5, 5.41) is 30.2. The lowest BCUT2D eigenvalue weighted by Gasteiger charge is -2.20. The highest BCUT2D eigenvalue weighted by Gasteiger charge is 2.14. The molecule has 0 saturated carbocycles. The van der Waals surface area contributed by atoms with Gasteiger partial charge >= 0.3 is 0 Å². The minimum Gasteiger partial charge on any atom is -0.394 e. The second-order valence-corrected chi connectivity index (χ2v) is 3.64. The highest BCUT2D eigenvalue weighted by molar-refractivity contribution is 4.69. The smallest absolute Gasteiger partial charge is 0.0894 e. The van der Waals surface area contributed by atoms with Gasteiger partial charge in [-0.1, -0.05) is 26.7 Å². The second kappa shape index (κ2) is 8.17. The maximum Gasteiger partial charge on any atom is 0.0894 e. The molecule has 0 radical (unpaired) electrons. The van der Waals surface area contributed by atoms with E-state index < -0.39 is 6.10 Å². The van der Waals surface area contributed by atoms with Gasteiger partial charge < -0.3 is 20.6 Å². The highest BCUT2D eigenvalue weighted by Crippen LogP contribution is 2.11. The van der Waals surface area contributed by atoms with Crippen molar-refractivity contribution in [1.29, 1.82) is 0 Å². The summed E-state index contributed by atoms with van der Waals surface area (Å²) >= 11 is 0. The molecule has 0 heterocycles. The van der Waals surface area contributed by atoms with Gasteiger partial charge in [0.2, 0.25) is 0 Å². The summed E-state index contributed by atoms with van der Waals surface area (Å²) in [6, 6.07) is 0. The monoisotopic (exact) mass is 205 g/mol. The molecule has 0 aromatic heterocycles. The quantitative estimate of drug-likeness (QED) is 0.440. The Labute approximate surface area is 86.0 Å². The normalized spacial score (nSPS) is 15.9. The van der Waals surface area contributed by atoms with Crippen LogP contribution in [0.2, 0.25) is 0 Å². The molecule has 4 heteroatoms. The van der Waals surface area contributed by atoms with E-state index in [4.69, 9.17) is 10.2 Å². The number of nitrogens with one attached hydrogen (secondary N) is 1. The van der Waals surface area contributed by atoms with Crippen LogP contribution >= 0.6 is 0 Å². The van der Waals surface area contributed by atoms with Crippen molar-refractivity contribution in [1.82, 2.24) is 5.32 Å². The van der Waals surface area contributed by atoms with Gasteiger partial charge in [0.25, 0.3) is 0 Å². The third-order valence-electron chi connectivity index (χ3n) is 2.54. The predicted octanol–water partition coefficient (Wildman–Crippen LogP) is -0.274. The lowest BCUT2D eigenvalue weighted by atomic mass is 9.96. The van der Waals surface area contributed by atoms with Crippen LogP contribution < -0.4 is 5.32 Å². The summed E-state index contributed by atoms with van der Waals surface area (Å²) in [7, 11) is 0. The summed E-state index contributed by atoms with van der Waals surface area (Å²) < 4.78 is 0. The summed E-state index contributed by atoms with van der Waals surface area (Å²) in [6.45, 7) is 4.67. The van der Waals surface area contributed by atoms with Gasteiger partial charge in [0.05, 0.1) is 18.8 Å². The topological polar surface area (TPSA) is 72.7 Å². The zero-order valence-corrected chi connectivity index (χ0v) is 9.11. The van der Waals surface area contributed by atoms with Crippen LogP contribution in [0.5, 0.6) is 0 Å². The number of aliphatic hydroxyl groups excluding tert-OH is 3. The third-order valence-corrected chi connectivity index (χ3v) is 2.54. The largest absolute Gasteiger partial charge is 0.394 e. The molecule has 0 aliphatic rings. The van der Waals surface area contributed by atoms with Gasteiger partial charge in [0.1, 0.15) is 0 Å². The van der Waals surface area contributed by atoms with E-state index >= 15 is 0 Å². The van der Waals surface area contributed by atoms with Crippen LogP contribution in [0, 0.1) is 5.92 Å². The van der Waals surface area contributed by atoms with Crippen LogP contribution in [0.1, 0.15) is 26.7 Å². The summed E-state index contributed by atoms with van der Waals surface area (Å²) in [4.78, 5) is 0. The molecule has 0 amide bonds. The molecule has 0 aliphatic heterocycles. The van der Waals surface area contributed by atoms with Gasteiger partial charge in [0.15, 0.2) is 0 Å². The molecule has 0 saturated heterocycles. The molecule has 0 fully saturated rings. The molecule has 0 spiro atoms. The maximum atomic E-state index is 9.69. The average Bonchev–Trinajstić information content (AvgIpc) is 2.19. The van der Waals surface area contributed by atoms with Crippen molar-refractivity contribution in [2.45, 2.75) is 38.9 Å². The van der Waals surface area contributed by atoms with Gasteiger partial charge in [-0.3, -0.25) is 0 Å². The first-order chi connectivity index (χ1) is 6.65. The zero-order valence-electron chi connectivity index (χ0n) is 9.11. The fourth-order valence-electron chi connectivity index (χ4n) is 1.46. The summed E-state index contributed by atoms with van der Waals surface area (Å²) in [6.07, 6.45) is 0.823. The maximum absolute atomic E-state index is 9.69. The molecular weight excluding hydrogens is 182 g/mol. The van der Waals surface area contributed by atoms with Crippen LogP contribution in [-0.4, -0.2) is 47.2 Å². The van der Waals surface area contributed by atoms with E-state index in [1.54, 1.807) is 0 Å². The third kappa shape index (κ3) is 5.54. The predicted molar refractivity (Wildman–Crippen MR) is 56.0 cm³/mol. The fourth-order valence-corrected chi connectivity index (χ4v) is 1.46. The SMILES string of the molecule is CCC(CC)C(O)CNC[C@H](O)CO. The first-order valence-corrected chi connectivity index (χ1v) is 5.33. The molecule has 0 bridgehead atoms. The molecule has 0 rings (SSSR count). The molecule has 4 nitrogen and oxygen atoms in total. The average molecular weight is 205 g/mol. The molecule has 0 aliphatic carbocycles. The summed E-state index contributed by atoms with van der Waals surface area (Å²) in [5.74, 6) is 0.314. The number of aliphatic hydroxyl groups is 3. The second-order valence-electron chi connectivity index (χ2n) is 3.64. The van der Waals surface area contributed by atoms with Crippen LogP contribution in [0.15, 0.2) is 0 Å². The van der Waals surface area contributed by atoms with E-state index in [2.05, 4.69) is 19.2 Å². The lowest BCUT2D eigenvalue weighted by Crippen LogP contribution is -2.37. The number of rotatable bonds is 8. The Bertz CT molecular complexity index is 129. The standard InChI is InChI=1S/C10H23NO3/c1-3-8(4-2)10(14)6-11-5-9(13)7-12/h8-14H,3-7H2,1-2H3/t9-,10?/m0/s1. The van der Waals surface area contributed by atoms with Crippen LogP contribution in [0.3, 0.4) is 0 Å². The molecule has 0 aromatic rings. The lowest BCUT2D eigenvalue weighted by molar-refractivity contribution is 0.0763. The van der Waals surface area contributed by atoms with Crippen LogP contribution in [0.4, 0.5) is 0 Å². The van der Waals surface area contributed by atoms with Crippen molar-refractivity contribution in [3.63, 3.8) is 0 Å². The van der Waals surface area contributed by atoms with Crippen molar-refractivity contribution >= 4 is 0 Å². The highest BCUT2D eigenvalue weighted by atomic mass is 16.3. The van der Waals surface area contributed by atoms with E-state index in [-0.39, 0.29) is 12.7 Å². The number of hydrogen-bond acceptors (Lipinski definition) is 4. The van der Waals surface area contributed by atoms with Crippen LogP contribution in [-0.2, 0) is 0 Å². The van der Waals surface area contributed by atoms with E-state index in [0.717, 1.165) is 12.8 Å². The first-order valence-electron chi connectivity index (χ1n) is 5.33. The van der Waals surface area contributed by atoms with Gasteiger partial charge in [-0.05, 0) is 5.92 Å². The number of hydrogen-bond donors (Lipinski definition) is 4. The minimum absolute atomic E-state index is 0.242. The van der Waals surface area contributed by atoms with E-state index in [1.165, 1.54) is 0 Å². The van der Waals surface area contributed by atoms with Crippen molar-refractivity contribution < 1.29 is 15.3 Å². The molecular formula is C10H23NO3. The minimum atomic E-state index is -0.732. The van der Waals surface area contributed by atoms with Gasteiger partial charge in [0, 0.05) is 13.1 Å². The molecule has 14 heavy (non-hydrogen) atoms. The molecule has 86 valence electrons. The molecule has 4 N–H and O–H groups in total. The zero-order chi connectivity index (χ0) is 11.0. The van der Waals surface area contributed by atoms with Crippen LogP contribution in [0.25, 0.3) is 0 Å².